The summed E-state index contributed by atoms with van der Waals surface area (Å²) in [5.74, 6) is 2.11. The van der Waals surface area contributed by atoms with Crippen molar-refractivity contribution in [2.75, 3.05) is 13.1 Å². The molecule has 0 saturated heterocycles. The van der Waals surface area contributed by atoms with Crippen LogP contribution in [0.3, 0.4) is 0 Å². The van der Waals surface area contributed by atoms with E-state index in [1.807, 2.05) is 0 Å². The summed E-state index contributed by atoms with van der Waals surface area (Å²) >= 11 is 0. The highest BCUT2D eigenvalue weighted by Gasteiger charge is 2.43. The molecule has 2 rings (SSSR count). The van der Waals surface area contributed by atoms with Gasteiger partial charge in [-0.05, 0) is 62.3 Å². The van der Waals surface area contributed by atoms with E-state index in [0.717, 1.165) is 18.4 Å². The van der Waals surface area contributed by atoms with E-state index in [-0.39, 0.29) is 0 Å². The van der Waals surface area contributed by atoms with Crippen LogP contribution in [0.15, 0.2) is 0 Å². The first-order valence-electron chi connectivity index (χ1n) is 8.51. The topological polar surface area (TPSA) is 12.0 Å². The van der Waals surface area contributed by atoms with Gasteiger partial charge in [-0.3, -0.25) is 0 Å². The van der Waals surface area contributed by atoms with Gasteiger partial charge in [0.1, 0.15) is 0 Å². The third kappa shape index (κ3) is 3.29. The van der Waals surface area contributed by atoms with E-state index in [1.54, 1.807) is 0 Å². The number of hydrogen-bond donors (Lipinski definition) is 1. The van der Waals surface area contributed by atoms with Crippen LogP contribution in [0, 0.1) is 17.3 Å². The van der Waals surface area contributed by atoms with E-state index in [0.29, 0.717) is 5.41 Å². The Bertz CT molecular complexity index is 224. The van der Waals surface area contributed by atoms with E-state index in [9.17, 15) is 0 Å². The maximum absolute atomic E-state index is 3.67. The fourth-order valence-corrected chi connectivity index (χ4v) is 4.16. The average Bonchev–Trinajstić information content (AvgIpc) is 2.34. The molecule has 1 N–H and O–H groups in total. The van der Waals surface area contributed by atoms with Gasteiger partial charge in [0.05, 0.1) is 0 Å². The molecule has 18 heavy (non-hydrogen) atoms. The van der Waals surface area contributed by atoms with Gasteiger partial charge >= 0.3 is 0 Å². The molecule has 0 spiro atoms. The molecule has 2 aliphatic rings. The van der Waals surface area contributed by atoms with Gasteiger partial charge in [0.2, 0.25) is 0 Å². The summed E-state index contributed by atoms with van der Waals surface area (Å²) in [5, 5.41) is 3.67. The van der Waals surface area contributed by atoms with Gasteiger partial charge in [0.15, 0.2) is 0 Å². The lowest BCUT2D eigenvalue weighted by atomic mass is 9.57. The summed E-state index contributed by atoms with van der Waals surface area (Å²) < 4.78 is 0. The zero-order chi connectivity index (χ0) is 12.8. The van der Waals surface area contributed by atoms with Crippen molar-refractivity contribution in [2.45, 2.75) is 78.1 Å². The molecular formula is C17H33N. The molecule has 0 aliphatic heterocycles. The van der Waals surface area contributed by atoms with E-state index >= 15 is 0 Å². The highest BCUT2D eigenvalue weighted by molar-refractivity contribution is 4.95. The quantitative estimate of drug-likeness (QED) is 0.687. The van der Waals surface area contributed by atoms with Crippen molar-refractivity contribution in [3.05, 3.63) is 0 Å². The number of unbranched alkanes of at least 4 members (excludes halogenated alkanes) is 1. The van der Waals surface area contributed by atoms with Crippen molar-refractivity contribution in [3.8, 4) is 0 Å². The summed E-state index contributed by atoms with van der Waals surface area (Å²) in [7, 11) is 0. The minimum absolute atomic E-state index is 0.691. The van der Waals surface area contributed by atoms with Crippen LogP contribution in [0.5, 0.6) is 0 Å². The predicted octanol–water partition coefficient (Wildman–Crippen LogP) is 4.76. The minimum atomic E-state index is 0.691. The van der Waals surface area contributed by atoms with Gasteiger partial charge in [-0.15, -0.1) is 0 Å². The van der Waals surface area contributed by atoms with Crippen LogP contribution >= 0.6 is 0 Å². The standard InChI is InChI=1S/C17H33N/c1-3-5-7-15-10-12-17(13-11-15,14-18-4-2)16-8-6-9-16/h15-16,18H,3-14H2,1-2H3. The molecule has 0 aromatic heterocycles. The molecule has 0 amide bonds. The van der Waals surface area contributed by atoms with Crippen molar-refractivity contribution in [1.82, 2.24) is 5.32 Å². The molecule has 2 saturated carbocycles. The lowest BCUT2D eigenvalue weighted by Gasteiger charge is -2.49. The second kappa shape index (κ2) is 6.93. The van der Waals surface area contributed by atoms with Crippen molar-refractivity contribution < 1.29 is 0 Å². The number of rotatable bonds is 7. The smallest absolute Gasteiger partial charge is 0.00104 e. The molecule has 2 fully saturated rings. The van der Waals surface area contributed by atoms with E-state index in [2.05, 4.69) is 19.2 Å². The molecule has 0 aromatic carbocycles. The summed E-state index contributed by atoms with van der Waals surface area (Å²) in [6.45, 7) is 7.02. The second-order valence-electron chi connectivity index (χ2n) is 6.86. The van der Waals surface area contributed by atoms with Crippen molar-refractivity contribution >= 4 is 0 Å². The minimum Gasteiger partial charge on any atom is -0.316 e. The Balaban J connectivity index is 1.84. The summed E-state index contributed by atoms with van der Waals surface area (Å²) in [6, 6.07) is 0. The number of hydrogen-bond acceptors (Lipinski definition) is 1. The highest BCUT2D eigenvalue weighted by Crippen LogP contribution is 2.52. The zero-order valence-electron chi connectivity index (χ0n) is 12.6. The van der Waals surface area contributed by atoms with Crippen LogP contribution in [-0.4, -0.2) is 13.1 Å². The molecule has 0 heterocycles. The molecule has 0 radical (unpaired) electrons. The SMILES string of the molecule is CCCCC1CCC(CNCC)(C2CCC2)CC1. The molecule has 106 valence electrons. The molecular weight excluding hydrogens is 218 g/mol. The Kier molecular flexibility index (Phi) is 5.54. The zero-order valence-corrected chi connectivity index (χ0v) is 12.6. The van der Waals surface area contributed by atoms with Gasteiger partial charge in [-0.25, -0.2) is 0 Å². The Morgan fingerprint density at radius 3 is 2.28 bits per heavy atom. The fourth-order valence-electron chi connectivity index (χ4n) is 4.16. The summed E-state index contributed by atoms with van der Waals surface area (Å²) in [6.07, 6.45) is 14.9. The first-order chi connectivity index (χ1) is 8.80. The van der Waals surface area contributed by atoms with Gasteiger partial charge < -0.3 is 5.32 Å². The summed E-state index contributed by atoms with van der Waals surface area (Å²) in [4.78, 5) is 0. The third-order valence-electron chi connectivity index (χ3n) is 5.77. The molecule has 0 unspecified atom stereocenters. The highest BCUT2D eigenvalue weighted by atomic mass is 14.9. The van der Waals surface area contributed by atoms with Gasteiger partial charge in [0.25, 0.3) is 0 Å². The average molecular weight is 251 g/mol. The van der Waals surface area contributed by atoms with E-state index < -0.39 is 0 Å². The first kappa shape index (κ1) is 14.4. The predicted molar refractivity (Wildman–Crippen MR) is 79.8 cm³/mol. The van der Waals surface area contributed by atoms with Crippen LogP contribution in [0.1, 0.15) is 78.1 Å². The lowest BCUT2D eigenvalue weighted by Crippen LogP contribution is -2.45. The molecule has 1 nitrogen and oxygen atoms in total. The monoisotopic (exact) mass is 251 g/mol. The fraction of sp³-hybridized carbons (Fsp3) is 1.00. The van der Waals surface area contributed by atoms with Crippen LogP contribution in [0.25, 0.3) is 0 Å². The van der Waals surface area contributed by atoms with Gasteiger partial charge in [-0.2, -0.15) is 0 Å². The van der Waals surface area contributed by atoms with Gasteiger partial charge in [-0.1, -0.05) is 39.5 Å². The van der Waals surface area contributed by atoms with Crippen molar-refractivity contribution in [2.24, 2.45) is 17.3 Å². The molecule has 2 aliphatic carbocycles. The van der Waals surface area contributed by atoms with Crippen LogP contribution < -0.4 is 5.32 Å². The Labute approximate surface area is 114 Å². The second-order valence-corrected chi connectivity index (χ2v) is 6.86. The Morgan fingerprint density at radius 1 is 1.06 bits per heavy atom. The Morgan fingerprint density at radius 2 is 1.78 bits per heavy atom. The van der Waals surface area contributed by atoms with E-state index in [1.165, 1.54) is 70.8 Å². The normalized spacial score (nSPS) is 33.3. The Hall–Kier alpha value is -0.0400. The van der Waals surface area contributed by atoms with Crippen LogP contribution in [0.2, 0.25) is 0 Å². The molecule has 0 bridgehead atoms. The lowest BCUT2D eigenvalue weighted by molar-refractivity contribution is 0.0240. The van der Waals surface area contributed by atoms with Crippen molar-refractivity contribution in [1.29, 1.82) is 0 Å². The van der Waals surface area contributed by atoms with Crippen LogP contribution in [0.4, 0.5) is 0 Å². The van der Waals surface area contributed by atoms with E-state index in [4.69, 9.17) is 0 Å². The molecule has 0 aromatic rings. The van der Waals surface area contributed by atoms with Crippen LogP contribution in [-0.2, 0) is 0 Å². The van der Waals surface area contributed by atoms with Gasteiger partial charge in [0, 0.05) is 6.54 Å². The molecule has 0 atom stereocenters. The maximum Gasteiger partial charge on any atom is 0.00104 e. The third-order valence-corrected chi connectivity index (χ3v) is 5.77. The number of nitrogens with one attached hydrogen (secondary N) is 1. The largest absolute Gasteiger partial charge is 0.316 e. The first-order valence-corrected chi connectivity index (χ1v) is 8.51. The molecule has 1 heteroatoms. The maximum atomic E-state index is 3.67. The summed E-state index contributed by atoms with van der Waals surface area (Å²) in [5.41, 5.74) is 0.691. The van der Waals surface area contributed by atoms with Crippen molar-refractivity contribution in [3.63, 3.8) is 0 Å².